The van der Waals surface area contributed by atoms with Crippen molar-refractivity contribution in [3.8, 4) is 5.75 Å². The predicted molar refractivity (Wildman–Crippen MR) is 84.3 cm³/mol. The van der Waals surface area contributed by atoms with E-state index in [1.54, 1.807) is 0 Å². The monoisotopic (exact) mass is 290 g/mol. The van der Waals surface area contributed by atoms with Crippen molar-refractivity contribution in [1.29, 1.82) is 0 Å². The summed E-state index contributed by atoms with van der Waals surface area (Å²) in [5, 5.41) is 6.31. The molecule has 1 heterocycles. The zero-order valence-corrected chi connectivity index (χ0v) is 13.2. The predicted octanol–water partition coefficient (Wildman–Crippen LogP) is 2.51. The van der Waals surface area contributed by atoms with Crippen LogP contribution < -0.4 is 15.4 Å². The second-order valence-corrected chi connectivity index (χ2v) is 5.85. The molecule has 2 N–H and O–H groups in total. The second kappa shape index (κ2) is 7.46. The molecule has 4 heteroatoms. The lowest BCUT2D eigenvalue weighted by Gasteiger charge is -2.32. The minimum absolute atomic E-state index is 0.0215. The molecule has 0 spiro atoms. The summed E-state index contributed by atoms with van der Waals surface area (Å²) in [6, 6.07) is 7.99. The molecule has 0 saturated carbocycles. The highest BCUT2D eigenvalue weighted by Crippen LogP contribution is 2.20. The van der Waals surface area contributed by atoms with E-state index in [1.807, 2.05) is 38.1 Å². The minimum Gasteiger partial charge on any atom is -0.494 e. The molecule has 1 aromatic carbocycles. The molecule has 21 heavy (non-hydrogen) atoms. The van der Waals surface area contributed by atoms with E-state index in [9.17, 15) is 4.79 Å². The Bertz CT molecular complexity index is 454. The first-order valence-electron chi connectivity index (χ1n) is 7.85. The Balaban J connectivity index is 1.87. The molecule has 1 fully saturated rings. The third-order valence-electron chi connectivity index (χ3n) is 4.15. The van der Waals surface area contributed by atoms with Crippen molar-refractivity contribution in [2.24, 2.45) is 11.8 Å². The molecule has 1 saturated heterocycles. The van der Waals surface area contributed by atoms with Crippen molar-refractivity contribution in [1.82, 2.24) is 10.6 Å². The maximum absolute atomic E-state index is 12.2. The van der Waals surface area contributed by atoms with Crippen LogP contribution in [0.25, 0.3) is 0 Å². The number of carbonyl (C=O) groups is 1. The van der Waals surface area contributed by atoms with Gasteiger partial charge in [0.15, 0.2) is 0 Å². The van der Waals surface area contributed by atoms with Crippen molar-refractivity contribution < 1.29 is 9.53 Å². The second-order valence-electron chi connectivity index (χ2n) is 5.85. The SMILES string of the molecule is CCCOc1ccc(C(C)NC(=O)C(C)C2CNC2)cc1. The Kier molecular flexibility index (Phi) is 5.62. The van der Waals surface area contributed by atoms with Gasteiger partial charge in [-0.25, -0.2) is 0 Å². The van der Waals surface area contributed by atoms with Gasteiger partial charge in [-0.3, -0.25) is 4.79 Å². The molecule has 116 valence electrons. The Morgan fingerprint density at radius 3 is 2.52 bits per heavy atom. The van der Waals surface area contributed by atoms with Gasteiger partial charge in [0.05, 0.1) is 12.6 Å². The smallest absolute Gasteiger partial charge is 0.223 e. The number of ether oxygens (including phenoxy) is 1. The summed E-state index contributed by atoms with van der Waals surface area (Å²) < 4.78 is 5.57. The molecule has 2 rings (SSSR count). The third-order valence-corrected chi connectivity index (χ3v) is 4.15. The van der Waals surface area contributed by atoms with Crippen molar-refractivity contribution >= 4 is 5.91 Å². The van der Waals surface area contributed by atoms with E-state index < -0.39 is 0 Å². The number of hydrogen-bond donors (Lipinski definition) is 2. The number of nitrogens with one attached hydrogen (secondary N) is 2. The molecule has 1 amide bonds. The first-order valence-corrected chi connectivity index (χ1v) is 7.85. The largest absolute Gasteiger partial charge is 0.494 e. The van der Waals surface area contributed by atoms with Gasteiger partial charge >= 0.3 is 0 Å². The maximum Gasteiger partial charge on any atom is 0.223 e. The molecule has 0 aliphatic carbocycles. The van der Waals surface area contributed by atoms with Gasteiger partial charge in [0.2, 0.25) is 5.91 Å². The molecule has 2 atom stereocenters. The van der Waals surface area contributed by atoms with Gasteiger partial charge in [0, 0.05) is 5.92 Å². The van der Waals surface area contributed by atoms with Crippen LogP contribution in [0.1, 0.15) is 38.8 Å². The fourth-order valence-corrected chi connectivity index (χ4v) is 2.38. The summed E-state index contributed by atoms with van der Waals surface area (Å²) in [6.07, 6.45) is 1.00. The van der Waals surface area contributed by atoms with Gasteiger partial charge in [0.25, 0.3) is 0 Å². The number of hydrogen-bond acceptors (Lipinski definition) is 3. The standard InChI is InChI=1S/C17H26N2O2/c1-4-9-21-16-7-5-14(6-8-16)13(3)19-17(20)12(2)15-10-18-11-15/h5-8,12-13,15,18H,4,9-11H2,1-3H3,(H,19,20). The van der Waals surface area contributed by atoms with Crippen LogP contribution in [0.3, 0.4) is 0 Å². The van der Waals surface area contributed by atoms with E-state index in [-0.39, 0.29) is 17.9 Å². The summed E-state index contributed by atoms with van der Waals surface area (Å²) in [7, 11) is 0. The lowest BCUT2D eigenvalue weighted by Crippen LogP contribution is -2.49. The molecule has 1 aliphatic rings. The molecule has 0 bridgehead atoms. The van der Waals surface area contributed by atoms with Crippen LogP contribution in [0.2, 0.25) is 0 Å². The molecule has 2 unspecified atom stereocenters. The van der Waals surface area contributed by atoms with Crippen LogP contribution in [0.4, 0.5) is 0 Å². The van der Waals surface area contributed by atoms with E-state index in [0.29, 0.717) is 5.92 Å². The van der Waals surface area contributed by atoms with Gasteiger partial charge in [0.1, 0.15) is 5.75 Å². The first-order chi connectivity index (χ1) is 10.1. The van der Waals surface area contributed by atoms with Crippen LogP contribution >= 0.6 is 0 Å². The summed E-state index contributed by atoms with van der Waals surface area (Å²) in [5.74, 6) is 1.57. The highest BCUT2D eigenvalue weighted by Gasteiger charge is 2.29. The van der Waals surface area contributed by atoms with Crippen LogP contribution in [-0.2, 0) is 4.79 Å². The number of rotatable bonds is 7. The number of amides is 1. The van der Waals surface area contributed by atoms with Crippen LogP contribution in [-0.4, -0.2) is 25.6 Å². The minimum atomic E-state index is 0.0215. The molecule has 0 aromatic heterocycles. The number of benzene rings is 1. The zero-order chi connectivity index (χ0) is 15.2. The third kappa shape index (κ3) is 4.21. The fraction of sp³-hybridized carbons (Fsp3) is 0.588. The van der Waals surface area contributed by atoms with E-state index in [1.165, 1.54) is 0 Å². The average molecular weight is 290 g/mol. The van der Waals surface area contributed by atoms with Gasteiger partial charge in [-0.05, 0) is 50.0 Å². The van der Waals surface area contributed by atoms with Crippen LogP contribution in [0.5, 0.6) is 5.75 Å². The summed E-state index contributed by atoms with van der Waals surface area (Å²) in [4.78, 5) is 12.2. The van der Waals surface area contributed by atoms with E-state index in [2.05, 4.69) is 17.6 Å². The van der Waals surface area contributed by atoms with Crippen molar-refractivity contribution in [3.63, 3.8) is 0 Å². The quantitative estimate of drug-likeness (QED) is 0.811. The maximum atomic E-state index is 12.2. The normalized spacial score (nSPS) is 17.7. The van der Waals surface area contributed by atoms with E-state index in [0.717, 1.165) is 37.4 Å². The summed E-state index contributed by atoms with van der Waals surface area (Å²) >= 11 is 0. The summed E-state index contributed by atoms with van der Waals surface area (Å²) in [5.41, 5.74) is 1.10. The van der Waals surface area contributed by atoms with Crippen molar-refractivity contribution in [2.45, 2.75) is 33.2 Å². The highest BCUT2D eigenvalue weighted by atomic mass is 16.5. The van der Waals surface area contributed by atoms with Crippen molar-refractivity contribution in [3.05, 3.63) is 29.8 Å². The topological polar surface area (TPSA) is 50.4 Å². The summed E-state index contributed by atoms with van der Waals surface area (Å²) in [6.45, 7) is 8.75. The molecule has 0 radical (unpaired) electrons. The molecule has 1 aromatic rings. The Labute approximate surface area is 127 Å². The van der Waals surface area contributed by atoms with Gasteiger partial charge in [-0.15, -0.1) is 0 Å². The zero-order valence-electron chi connectivity index (χ0n) is 13.2. The Morgan fingerprint density at radius 1 is 1.33 bits per heavy atom. The number of carbonyl (C=O) groups excluding carboxylic acids is 1. The molecule has 1 aliphatic heterocycles. The molecular weight excluding hydrogens is 264 g/mol. The van der Waals surface area contributed by atoms with Gasteiger partial charge < -0.3 is 15.4 Å². The van der Waals surface area contributed by atoms with E-state index in [4.69, 9.17) is 4.74 Å². The first kappa shape index (κ1) is 15.8. The molecular formula is C17H26N2O2. The van der Waals surface area contributed by atoms with Crippen LogP contribution in [0, 0.1) is 11.8 Å². The van der Waals surface area contributed by atoms with E-state index >= 15 is 0 Å². The van der Waals surface area contributed by atoms with Crippen molar-refractivity contribution in [2.75, 3.05) is 19.7 Å². The Hall–Kier alpha value is -1.55. The fourth-order valence-electron chi connectivity index (χ4n) is 2.38. The Morgan fingerprint density at radius 2 is 2.00 bits per heavy atom. The van der Waals surface area contributed by atoms with Gasteiger partial charge in [-0.1, -0.05) is 26.0 Å². The average Bonchev–Trinajstić information content (AvgIpc) is 2.43. The van der Waals surface area contributed by atoms with Crippen LogP contribution in [0.15, 0.2) is 24.3 Å². The molecule has 4 nitrogen and oxygen atoms in total. The van der Waals surface area contributed by atoms with Gasteiger partial charge in [-0.2, -0.15) is 0 Å². The highest BCUT2D eigenvalue weighted by molar-refractivity contribution is 5.79. The lowest BCUT2D eigenvalue weighted by atomic mass is 9.88. The lowest BCUT2D eigenvalue weighted by molar-refractivity contribution is -0.127.